The summed E-state index contributed by atoms with van der Waals surface area (Å²) in [4.78, 5) is 0. The average molecular weight is 148 g/mol. The molecule has 0 spiro atoms. The van der Waals surface area contributed by atoms with E-state index in [1.807, 2.05) is 38.1 Å². The SMILES string of the molecule is C=C(C)Oc1ccc(C)cc1. The predicted octanol–water partition coefficient (Wildman–Crippen LogP) is 2.91. The van der Waals surface area contributed by atoms with Crippen LogP contribution in [0.2, 0.25) is 0 Å². The van der Waals surface area contributed by atoms with Gasteiger partial charge in [-0.15, -0.1) is 0 Å². The molecule has 0 bridgehead atoms. The van der Waals surface area contributed by atoms with Crippen LogP contribution in [0.5, 0.6) is 5.75 Å². The molecule has 0 aliphatic heterocycles. The highest BCUT2D eigenvalue weighted by molar-refractivity contribution is 5.27. The van der Waals surface area contributed by atoms with E-state index in [-0.39, 0.29) is 0 Å². The average Bonchev–Trinajstić information content (AvgIpc) is 1.93. The van der Waals surface area contributed by atoms with E-state index in [0.717, 1.165) is 5.75 Å². The maximum atomic E-state index is 5.27. The molecule has 11 heavy (non-hydrogen) atoms. The number of benzene rings is 1. The van der Waals surface area contributed by atoms with Crippen LogP contribution >= 0.6 is 0 Å². The summed E-state index contributed by atoms with van der Waals surface area (Å²) < 4.78 is 5.27. The first-order valence-corrected chi connectivity index (χ1v) is 3.58. The second kappa shape index (κ2) is 3.24. The number of hydrogen-bond acceptors (Lipinski definition) is 1. The zero-order valence-electron chi connectivity index (χ0n) is 6.92. The monoisotopic (exact) mass is 148 g/mol. The van der Waals surface area contributed by atoms with Gasteiger partial charge in [0.05, 0.1) is 5.76 Å². The Bertz CT molecular complexity index is 246. The molecule has 1 aromatic carbocycles. The van der Waals surface area contributed by atoms with Crippen LogP contribution in [0.1, 0.15) is 12.5 Å². The lowest BCUT2D eigenvalue weighted by molar-refractivity contribution is 0.430. The van der Waals surface area contributed by atoms with E-state index in [2.05, 4.69) is 6.58 Å². The fourth-order valence-corrected chi connectivity index (χ4v) is 0.807. The van der Waals surface area contributed by atoms with E-state index in [9.17, 15) is 0 Å². The minimum Gasteiger partial charge on any atom is -0.463 e. The zero-order chi connectivity index (χ0) is 8.27. The van der Waals surface area contributed by atoms with Gasteiger partial charge < -0.3 is 4.74 Å². The molecule has 58 valence electrons. The van der Waals surface area contributed by atoms with Crippen molar-refractivity contribution >= 4 is 0 Å². The van der Waals surface area contributed by atoms with E-state index in [0.29, 0.717) is 5.76 Å². The molecule has 1 heteroatoms. The Morgan fingerprint density at radius 2 is 1.82 bits per heavy atom. The fraction of sp³-hybridized carbons (Fsp3) is 0.200. The fourth-order valence-electron chi connectivity index (χ4n) is 0.807. The van der Waals surface area contributed by atoms with Gasteiger partial charge in [-0.2, -0.15) is 0 Å². The van der Waals surface area contributed by atoms with Crippen molar-refractivity contribution in [2.45, 2.75) is 13.8 Å². The van der Waals surface area contributed by atoms with E-state index in [4.69, 9.17) is 4.74 Å². The van der Waals surface area contributed by atoms with Crippen LogP contribution < -0.4 is 4.74 Å². The Balaban J connectivity index is 2.74. The van der Waals surface area contributed by atoms with E-state index in [1.165, 1.54) is 5.56 Å². The highest BCUT2D eigenvalue weighted by Crippen LogP contribution is 2.13. The molecule has 0 saturated carbocycles. The summed E-state index contributed by atoms with van der Waals surface area (Å²) in [7, 11) is 0. The molecule has 0 fully saturated rings. The maximum absolute atomic E-state index is 5.27. The minimum atomic E-state index is 0.717. The molecule has 0 atom stereocenters. The quantitative estimate of drug-likeness (QED) is 0.586. The largest absolute Gasteiger partial charge is 0.463 e. The van der Waals surface area contributed by atoms with Crippen molar-refractivity contribution in [3.8, 4) is 5.75 Å². The third kappa shape index (κ3) is 2.46. The van der Waals surface area contributed by atoms with Crippen molar-refractivity contribution in [2.75, 3.05) is 0 Å². The molecule has 1 nitrogen and oxygen atoms in total. The zero-order valence-corrected chi connectivity index (χ0v) is 6.92. The van der Waals surface area contributed by atoms with Gasteiger partial charge in [0.2, 0.25) is 0 Å². The smallest absolute Gasteiger partial charge is 0.126 e. The summed E-state index contributed by atoms with van der Waals surface area (Å²) >= 11 is 0. The van der Waals surface area contributed by atoms with Crippen molar-refractivity contribution < 1.29 is 4.74 Å². The second-order valence-electron chi connectivity index (χ2n) is 2.62. The molecule has 0 saturated heterocycles. The predicted molar refractivity (Wildman–Crippen MR) is 46.6 cm³/mol. The van der Waals surface area contributed by atoms with Gasteiger partial charge in [-0.25, -0.2) is 0 Å². The van der Waals surface area contributed by atoms with Gasteiger partial charge in [0.15, 0.2) is 0 Å². The van der Waals surface area contributed by atoms with Gasteiger partial charge in [0.25, 0.3) is 0 Å². The van der Waals surface area contributed by atoms with Crippen LogP contribution in [-0.4, -0.2) is 0 Å². The highest BCUT2D eigenvalue weighted by atomic mass is 16.5. The van der Waals surface area contributed by atoms with Crippen molar-refractivity contribution in [3.05, 3.63) is 42.2 Å². The van der Waals surface area contributed by atoms with Crippen LogP contribution in [0, 0.1) is 6.92 Å². The molecular weight excluding hydrogens is 136 g/mol. The van der Waals surface area contributed by atoms with Crippen molar-refractivity contribution in [2.24, 2.45) is 0 Å². The normalized spacial score (nSPS) is 9.27. The summed E-state index contributed by atoms with van der Waals surface area (Å²) in [5.74, 6) is 1.57. The minimum absolute atomic E-state index is 0.717. The van der Waals surface area contributed by atoms with Crippen LogP contribution in [0.15, 0.2) is 36.6 Å². The van der Waals surface area contributed by atoms with Gasteiger partial charge in [0, 0.05) is 0 Å². The topological polar surface area (TPSA) is 9.23 Å². The lowest BCUT2D eigenvalue weighted by atomic mass is 10.2. The molecule has 0 radical (unpaired) electrons. The van der Waals surface area contributed by atoms with Crippen LogP contribution in [0.25, 0.3) is 0 Å². The molecule has 1 rings (SSSR count). The molecule has 0 N–H and O–H groups in total. The van der Waals surface area contributed by atoms with Crippen LogP contribution in [0.3, 0.4) is 0 Å². The van der Waals surface area contributed by atoms with Crippen LogP contribution in [-0.2, 0) is 0 Å². The van der Waals surface area contributed by atoms with E-state index in [1.54, 1.807) is 0 Å². The summed E-state index contributed by atoms with van der Waals surface area (Å²) in [6, 6.07) is 7.89. The van der Waals surface area contributed by atoms with Crippen molar-refractivity contribution in [3.63, 3.8) is 0 Å². The summed E-state index contributed by atoms with van der Waals surface area (Å²) in [6.07, 6.45) is 0. The molecule has 0 aromatic heterocycles. The molecule has 0 unspecified atom stereocenters. The standard InChI is InChI=1S/C10H12O/c1-8(2)11-10-6-4-9(3)5-7-10/h4-7H,1H2,2-3H3. The lowest BCUT2D eigenvalue weighted by Gasteiger charge is -2.03. The third-order valence-corrected chi connectivity index (χ3v) is 1.31. The summed E-state index contributed by atoms with van der Waals surface area (Å²) in [5.41, 5.74) is 1.24. The lowest BCUT2D eigenvalue weighted by Crippen LogP contribution is -1.87. The van der Waals surface area contributed by atoms with Crippen LogP contribution in [0.4, 0.5) is 0 Å². The third-order valence-electron chi connectivity index (χ3n) is 1.31. The van der Waals surface area contributed by atoms with E-state index < -0.39 is 0 Å². The Morgan fingerprint density at radius 3 is 2.27 bits per heavy atom. The Morgan fingerprint density at radius 1 is 1.27 bits per heavy atom. The first kappa shape index (κ1) is 7.86. The van der Waals surface area contributed by atoms with E-state index >= 15 is 0 Å². The molecule has 0 heterocycles. The first-order valence-electron chi connectivity index (χ1n) is 3.58. The van der Waals surface area contributed by atoms with Gasteiger partial charge in [-0.3, -0.25) is 0 Å². The van der Waals surface area contributed by atoms with Crippen molar-refractivity contribution in [1.29, 1.82) is 0 Å². The number of aryl methyl sites for hydroxylation is 1. The highest BCUT2D eigenvalue weighted by Gasteiger charge is 1.91. The molecule has 0 aliphatic rings. The van der Waals surface area contributed by atoms with Gasteiger partial charge in [-0.05, 0) is 26.0 Å². The summed E-state index contributed by atoms with van der Waals surface area (Å²) in [5, 5.41) is 0. The van der Waals surface area contributed by atoms with Gasteiger partial charge in [0.1, 0.15) is 5.75 Å². The maximum Gasteiger partial charge on any atom is 0.126 e. The number of rotatable bonds is 2. The van der Waals surface area contributed by atoms with Gasteiger partial charge >= 0.3 is 0 Å². The molecule has 0 amide bonds. The molecule has 1 aromatic rings. The number of ether oxygens (including phenoxy) is 1. The Kier molecular flexibility index (Phi) is 2.32. The van der Waals surface area contributed by atoms with Gasteiger partial charge in [-0.1, -0.05) is 24.3 Å². The summed E-state index contributed by atoms with van der Waals surface area (Å²) in [6.45, 7) is 7.53. The number of hydrogen-bond donors (Lipinski definition) is 0. The number of allylic oxidation sites excluding steroid dienone is 1. The second-order valence-corrected chi connectivity index (χ2v) is 2.62. The van der Waals surface area contributed by atoms with Crippen molar-refractivity contribution in [1.82, 2.24) is 0 Å². The molecular formula is C10H12O. The Hall–Kier alpha value is -1.24. The molecule has 0 aliphatic carbocycles. The first-order chi connectivity index (χ1) is 5.18. The Labute approximate surface area is 67.3 Å².